The number of fused-ring (bicyclic) bond motifs is 2. The van der Waals surface area contributed by atoms with Gasteiger partial charge in [-0.15, -0.1) is 0 Å². The Bertz CT molecular complexity index is 768. The SMILES string of the molecule is NNC(=O)Oc1cccc2cc3ccccc3cc12. The summed E-state index contributed by atoms with van der Waals surface area (Å²) in [6, 6.07) is 17.7. The molecule has 3 rings (SSSR count). The molecule has 0 saturated carbocycles. The van der Waals surface area contributed by atoms with Crippen molar-refractivity contribution in [1.29, 1.82) is 0 Å². The van der Waals surface area contributed by atoms with Crippen LogP contribution in [0.2, 0.25) is 0 Å². The molecule has 94 valence electrons. The number of rotatable bonds is 1. The number of carbonyl (C=O) groups excluding carboxylic acids is 1. The number of hydrogen-bond acceptors (Lipinski definition) is 3. The van der Waals surface area contributed by atoms with Crippen molar-refractivity contribution in [3.8, 4) is 5.75 Å². The molecule has 4 heteroatoms. The van der Waals surface area contributed by atoms with Crippen molar-refractivity contribution < 1.29 is 9.53 Å². The minimum absolute atomic E-state index is 0.492. The largest absolute Gasteiger partial charge is 0.426 e. The summed E-state index contributed by atoms with van der Waals surface area (Å²) in [6.45, 7) is 0. The van der Waals surface area contributed by atoms with E-state index in [0.717, 1.165) is 21.5 Å². The van der Waals surface area contributed by atoms with Gasteiger partial charge in [0.05, 0.1) is 0 Å². The molecule has 0 saturated heterocycles. The van der Waals surface area contributed by atoms with Crippen LogP contribution in [0, 0.1) is 0 Å². The van der Waals surface area contributed by atoms with Crippen molar-refractivity contribution in [2.75, 3.05) is 0 Å². The molecule has 0 radical (unpaired) electrons. The number of ether oxygens (including phenoxy) is 1. The molecular formula is C15H12N2O2. The average Bonchev–Trinajstić information content (AvgIpc) is 2.45. The van der Waals surface area contributed by atoms with Crippen LogP contribution in [-0.2, 0) is 0 Å². The highest BCUT2D eigenvalue weighted by Gasteiger charge is 2.07. The first-order valence-corrected chi connectivity index (χ1v) is 5.88. The first kappa shape index (κ1) is 11.5. The summed E-state index contributed by atoms with van der Waals surface area (Å²) in [5.74, 6) is 5.52. The summed E-state index contributed by atoms with van der Waals surface area (Å²) in [4.78, 5) is 11.2. The summed E-state index contributed by atoms with van der Waals surface area (Å²) in [7, 11) is 0. The highest BCUT2D eigenvalue weighted by molar-refractivity contribution is 6.01. The van der Waals surface area contributed by atoms with Crippen molar-refractivity contribution in [1.82, 2.24) is 5.43 Å². The fourth-order valence-corrected chi connectivity index (χ4v) is 2.16. The summed E-state index contributed by atoms with van der Waals surface area (Å²) in [5, 5.41) is 4.14. The molecular weight excluding hydrogens is 240 g/mol. The quantitative estimate of drug-likeness (QED) is 0.303. The van der Waals surface area contributed by atoms with Crippen LogP contribution < -0.4 is 16.0 Å². The summed E-state index contributed by atoms with van der Waals surface area (Å²) in [5.41, 5.74) is 1.95. The number of hydrazine groups is 1. The minimum atomic E-state index is -0.680. The predicted octanol–water partition coefficient (Wildman–Crippen LogP) is 2.96. The van der Waals surface area contributed by atoms with Crippen molar-refractivity contribution in [3.63, 3.8) is 0 Å². The van der Waals surface area contributed by atoms with Gasteiger partial charge in [0, 0.05) is 5.39 Å². The van der Waals surface area contributed by atoms with Gasteiger partial charge in [0.15, 0.2) is 0 Å². The Morgan fingerprint density at radius 2 is 1.63 bits per heavy atom. The van der Waals surface area contributed by atoms with Gasteiger partial charge < -0.3 is 4.74 Å². The highest BCUT2D eigenvalue weighted by atomic mass is 16.6. The van der Waals surface area contributed by atoms with Crippen LogP contribution in [0.15, 0.2) is 54.6 Å². The zero-order valence-electron chi connectivity index (χ0n) is 10.1. The van der Waals surface area contributed by atoms with Crippen molar-refractivity contribution >= 4 is 27.6 Å². The molecule has 4 nitrogen and oxygen atoms in total. The monoisotopic (exact) mass is 252 g/mol. The Morgan fingerprint density at radius 1 is 0.947 bits per heavy atom. The molecule has 0 aliphatic carbocycles. The molecule has 3 aromatic carbocycles. The second-order valence-corrected chi connectivity index (χ2v) is 4.21. The molecule has 3 aromatic rings. The molecule has 3 N–H and O–H groups in total. The first-order valence-electron chi connectivity index (χ1n) is 5.88. The van der Waals surface area contributed by atoms with E-state index in [2.05, 4.69) is 12.1 Å². The summed E-state index contributed by atoms with van der Waals surface area (Å²) >= 11 is 0. The summed E-state index contributed by atoms with van der Waals surface area (Å²) < 4.78 is 5.15. The van der Waals surface area contributed by atoms with Crippen LogP contribution >= 0.6 is 0 Å². The number of nitrogens with two attached hydrogens (primary N) is 1. The van der Waals surface area contributed by atoms with Gasteiger partial charge in [0.25, 0.3) is 0 Å². The van der Waals surface area contributed by atoms with Gasteiger partial charge >= 0.3 is 6.09 Å². The van der Waals surface area contributed by atoms with Crippen molar-refractivity contribution in [2.45, 2.75) is 0 Å². The fraction of sp³-hybridized carbons (Fsp3) is 0. The number of benzene rings is 3. The number of carbonyl (C=O) groups is 1. The van der Waals surface area contributed by atoms with Crippen LogP contribution in [0.25, 0.3) is 21.5 Å². The molecule has 19 heavy (non-hydrogen) atoms. The molecule has 0 atom stereocenters. The molecule has 0 aromatic heterocycles. The lowest BCUT2D eigenvalue weighted by Gasteiger charge is -2.08. The van der Waals surface area contributed by atoms with Gasteiger partial charge in [-0.05, 0) is 34.4 Å². The Kier molecular flexibility index (Phi) is 2.78. The fourth-order valence-electron chi connectivity index (χ4n) is 2.16. The minimum Gasteiger partial charge on any atom is -0.409 e. The predicted molar refractivity (Wildman–Crippen MR) is 74.8 cm³/mol. The van der Waals surface area contributed by atoms with Crippen molar-refractivity contribution in [3.05, 3.63) is 54.6 Å². The Hall–Kier alpha value is -2.59. The van der Waals surface area contributed by atoms with Crippen LogP contribution in [0.3, 0.4) is 0 Å². The van der Waals surface area contributed by atoms with Crippen LogP contribution in [0.5, 0.6) is 5.75 Å². The molecule has 0 heterocycles. The Balaban J connectivity index is 2.23. The van der Waals surface area contributed by atoms with E-state index in [0.29, 0.717) is 5.75 Å². The maximum atomic E-state index is 11.2. The molecule has 1 amide bonds. The number of hydrogen-bond donors (Lipinski definition) is 2. The standard InChI is InChI=1S/C15H12N2O2/c16-17-15(18)19-14-7-3-6-12-8-10-4-1-2-5-11(10)9-13(12)14/h1-9H,16H2,(H,17,18). The van der Waals surface area contributed by atoms with E-state index in [4.69, 9.17) is 10.6 Å². The smallest absolute Gasteiger partial charge is 0.409 e. The van der Waals surface area contributed by atoms with Crippen LogP contribution in [-0.4, -0.2) is 6.09 Å². The van der Waals surface area contributed by atoms with Gasteiger partial charge in [-0.3, -0.25) is 5.43 Å². The van der Waals surface area contributed by atoms with E-state index in [9.17, 15) is 4.79 Å². The molecule has 0 aliphatic rings. The Morgan fingerprint density at radius 3 is 2.37 bits per heavy atom. The zero-order valence-corrected chi connectivity index (χ0v) is 10.1. The third kappa shape index (κ3) is 2.09. The second kappa shape index (κ2) is 4.59. The molecule has 0 fully saturated rings. The summed E-state index contributed by atoms with van der Waals surface area (Å²) in [6.07, 6.45) is -0.680. The zero-order chi connectivity index (χ0) is 13.2. The molecule has 0 bridgehead atoms. The number of nitrogens with one attached hydrogen (secondary N) is 1. The van der Waals surface area contributed by atoms with E-state index in [-0.39, 0.29) is 0 Å². The van der Waals surface area contributed by atoms with Gasteiger partial charge in [-0.2, -0.15) is 0 Å². The topological polar surface area (TPSA) is 64.3 Å². The van der Waals surface area contributed by atoms with Crippen molar-refractivity contribution in [2.24, 2.45) is 5.84 Å². The second-order valence-electron chi connectivity index (χ2n) is 4.21. The maximum Gasteiger partial charge on any atom is 0.426 e. The lowest BCUT2D eigenvalue weighted by Crippen LogP contribution is -2.32. The molecule has 0 aliphatic heterocycles. The van der Waals surface area contributed by atoms with E-state index >= 15 is 0 Å². The Labute approximate surface area is 109 Å². The highest BCUT2D eigenvalue weighted by Crippen LogP contribution is 2.29. The average molecular weight is 252 g/mol. The number of amides is 1. The van der Waals surface area contributed by atoms with Gasteiger partial charge in [0.2, 0.25) is 0 Å². The van der Waals surface area contributed by atoms with Gasteiger partial charge in [-0.1, -0.05) is 36.4 Å². The van der Waals surface area contributed by atoms with Gasteiger partial charge in [-0.25, -0.2) is 10.6 Å². The molecule has 0 spiro atoms. The van der Waals surface area contributed by atoms with E-state index < -0.39 is 6.09 Å². The van der Waals surface area contributed by atoms with E-state index in [1.807, 2.05) is 41.8 Å². The third-order valence-electron chi connectivity index (χ3n) is 3.03. The lowest BCUT2D eigenvalue weighted by atomic mass is 10.0. The van der Waals surface area contributed by atoms with E-state index in [1.54, 1.807) is 6.07 Å². The maximum absolute atomic E-state index is 11.2. The lowest BCUT2D eigenvalue weighted by molar-refractivity contribution is 0.201. The van der Waals surface area contributed by atoms with E-state index in [1.165, 1.54) is 0 Å². The first-order chi connectivity index (χ1) is 9.28. The van der Waals surface area contributed by atoms with Crippen LogP contribution in [0.4, 0.5) is 4.79 Å². The van der Waals surface area contributed by atoms with Gasteiger partial charge in [0.1, 0.15) is 5.75 Å². The molecule has 0 unspecified atom stereocenters. The van der Waals surface area contributed by atoms with Crippen LogP contribution in [0.1, 0.15) is 0 Å². The normalized spacial score (nSPS) is 10.6. The third-order valence-corrected chi connectivity index (χ3v) is 3.03.